The molecule has 1 aromatic rings. The molecule has 19 heavy (non-hydrogen) atoms. The fourth-order valence-corrected chi connectivity index (χ4v) is 1.38. The molecular weight excluding hydrogens is 268 g/mol. The minimum absolute atomic E-state index is 0.0885. The Morgan fingerprint density at radius 3 is 2.53 bits per heavy atom. The highest BCUT2D eigenvalue weighted by atomic mass is 19.4. The number of halogens is 4. The summed E-state index contributed by atoms with van der Waals surface area (Å²) in [6, 6.07) is 3.58. The van der Waals surface area contributed by atoms with E-state index in [1.807, 2.05) is 0 Å². The summed E-state index contributed by atoms with van der Waals surface area (Å²) >= 11 is 0. The predicted octanol–water partition coefficient (Wildman–Crippen LogP) is 2.84. The van der Waals surface area contributed by atoms with Crippen LogP contribution in [0.3, 0.4) is 0 Å². The molecule has 0 aliphatic rings. The van der Waals surface area contributed by atoms with Gasteiger partial charge in [-0.3, -0.25) is 0 Å². The zero-order valence-corrected chi connectivity index (χ0v) is 10.2. The molecule has 0 saturated carbocycles. The van der Waals surface area contributed by atoms with E-state index in [1.165, 1.54) is 13.0 Å². The zero-order valence-electron chi connectivity index (χ0n) is 10.2. The molecule has 7 heteroatoms. The molecule has 3 nitrogen and oxygen atoms in total. The molecule has 0 radical (unpaired) electrons. The van der Waals surface area contributed by atoms with Crippen LogP contribution >= 0.6 is 0 Å². The molecule has 1 aromatic carbocycles. The van der Waals surface area contributed by atoms with Gasteiger partial charge in [0.2, 0.25) is 0 Å². The maximum Gasteiger partial charge on any atom is 0.411 e. The number of rotatable bonds is 6. The Morgan fingerprint density at radius 1 is 1.26 bits per heavy atom. The van der Waals surface area contributed by atoms with Gasteiger partial charge in [-0.15, -0.1) is 0 Å². The van der Waals surface area contributed by atoms with Crippen LogP contribution in [-0.4, -0.2) is 31.1 Å². The second kappa shape index (κ2) is 6.72. The number of alkyl halides is 3. The molecule has 0 amide bonds. The Morgan fingerprint density at radius 2 is 1.95 bits per heavy atom. The second-order valence-corrected chi connectivity index (χ2v) is 3.87. The maximum atomic E-state index is 13.0. The smallest absolute Gasteiger partial charge is 0.411 e. The molecule has 1 N–H and O–H groups in total. The molecule has 1 rings (SSSR count). The third-order valence-corrected chi connectivity index (χ3v) is 2.18. The van der Waals surface area contributed by atoms with Crippen LogP contribution in [0, 0.1) is 5.82 Å². The second-order valence-electron chi connectivity index (χ2n) is 3.87. The first-order valence-corrected chi connectivity index (χ1v) is 5.54. The number of ether oxygens (including phenoxy) is 2. The highest BCUT2D eigenvalue weighted by Gasteiger charge is 2.27. The molecule has 0 heterocycles. The van der Waals surface area contributed by atoms with Crippen LogP contribution in [0.2, 0.25) is 0 Å². The first-order valence-electron chi connectivity index (χ1n) is 5.54. The lowest BCUT2D eigenvalue weighted by Crippen LogP contribution is -2.19. The van der Waals surface area contributed by atoms with Crippen LogP contribution < -0.4 is 4.74 Å². The van der Waals surface area contributed by atoms with Crippen LogP contribution in [0.5, 0.6) is 5.75 Å². The summed E-state index contributed by atoms with van der Waals surface area (Å²) in [7, 11) is 0. The minimum atomic E-state index is -4.39. The van der Waals surface area contributed by atoms with E-state index in [4.69, 9.17) is 4.74 Å². The van der Waals surface area contributed by atoms with Gasteiger partial charge in [0.05, 0.1) is 12.7 Å². The minimum Gasteiger partial charge on any atom is -0.491 e. The van der Waals surface area contributed by atoms with Gasteiger partial charge >= 0.3 is 6.18 Å². The zero-order chi connectivity index (χ0) is 14.5. The molecule has 0 aliphatic carbocycles. The first-order chi connectivity index (χ1) is 8.79. The van der Waals surface area contributed by atoms with Gasteiger partial charge in [-0.25, -0.2) is 4.39 Å². The quantitative estimate of drug-likeness (QED) is 0.644. The normalized spacial score (nSPS) is 13.4. The van der Waals surface area contributed by atoms with E-state index in [-0.39, 0.29) is 19.0 Å². The summed E-state index contributed by atoms with van der Waals surface area (Å²) in [4.78, 5) is 0. The Kier molecular flexibility index (Phi) is 5.56. The lowest BCUT2D eigenvalue weighted by Gasteiger charge is -2.14. The van der Waals surface area contributed by atoms with E-state index in [0.717, 1.165) is 12.1 Å². The number of benzene rings is 1. The van der Waals surface area contributed by atoms with Crippen LogP contribution in [0.15, 0.2) is 18.2 Å². The fourth-order valence-electron chi connectivity index (χ4n) is 1.38. The number of hydrogen-bond acceptors (Lipinski definition) is 3. The molecular formula is C12H14F4O3. The average Bonchev–Trinajstić information content (AvgIpc) is 2.26. The first kappa shape index (κ1) is 15.7. The predicted molar refractivity (Wildman–Crippen MR) is 59.4 cm³/mol. The Labute approximate surface area is 107 Å². The summed E-state index contributed by atoms with van der Waals surface area (Å²) in [5, 5.41) is 9.42. The molecule has 0 aliphatic heterocycles. The van der Waals surface area contributed by atoms with Crippen molar-refractivity contribution in [3.05, 3.63) is 29.6 Å². The molecule has 0 unspecified atom stereocenters. The molecule has 108 valence electrons. The van der Waals surface area contributed by atoms with E-state index in [2.05, 4.69) is 4.74 Å². The SMILES string of the molecule is C[C@@H](O)c1ccc(F)cc1OCCOCC(F)(F)F. The Balaban J connectivity index is 2.46. The molecule has 0 spiro atoms. The molecule has 0 aromatic heterocycles. The molecule has 0 fully saturated rings. The van der Waals surface area contributed by atoms with Crippen molar-refractivity contribution in [1.29, 1.82) is 0 Å². The summed E-state index contributed by atoms with van der Waals surface area (Å²) < 4.78 is 57.8. The summed E-state index contributed by atoms with van der Waals surface area (Å²) in [6.07, 6.45) is -5.25. The number of aliphatic hydroxyl groups is 1. The third kappa shape index (κ3) is 5.89. The largest absolute Gasteiger partial charge is 0.491 e. The van der Waals surface area contributed by atoms with Gasteiger partial charge in [0.1, 0.15) is 24.8 Å². The van der Waals surface area contributed by atoms with Gasteiger partial charge in [-0.05, 0) is 19.1 Å². The van der Waals surface area contributed by atoms with E-state index in [0.29, 0.717) is 5.56 Å². The number of aliphatic hydroxyl groups excluding tert-OH is 1. The van der Waals surface area contributed by atoms with E-state index >= 15 is 0 Å². The van der Waals surface area contributed by atoms with Gasteiger partial charge < -0.3 is 14.6 Å². The summed E-state index contributed by atoms with van der Waals surface area (Å²) in [5.41, 5.74) is 0.359. The topological polar surface area (TPSA) is 38.7 Å². The van der Waals surface area contributed by atoms with Crippen molar-refractivity contribution in [2.24, 2.45) is 0 Å². The van der Waals surface area contributed by atoms with Gasteiger partial charge in [0.25, 0.3) is 0 Å². The van der Waals surface area contributed by atoms with Crippen molar-refractivity contribution in [2.75, 3.05) is 19.8 Å². The van der Waals surface area contributed by atoms with Crippen molar-refractivity contribution < 1.29 is 32.1 Å². The number of hydrogen-bond donors (Lipinski definition) is 1. The highest BCUT2D eigenvalue weighted by Crippen LogP contribution is 2.26. The van der Waals surface area contributed by atoms with Crippen LogP contribution in [-0.2, 0) is 4.74 Å². The van der Waals surface area contributed by atoms with Crippen molar-refractivity contribution >= 4 is 0 Å². The Hall–Kier alpha value is -1.34. The van der Waals surface area contributed by atoms with Crippen LogP contribution in [0.25, 0.3) is 0 Å². The Bertz CT molecular complexity index is 404. The van der Waals surface area contributed by atoms with Gasteiger partial charge in [-0.1, -0.05) is 0 Å². The molecule has 0 bridgehead atoms. The maximum absolute atomic E-state index is 13.0. The summed E-state index contributed by atoms with van der Waals surface area (Å²) in [6.45, 7) is -0.336. The lowest BCUT2D eigenvalue weighted by molar-refractivity contribution is -0.175. The van der Waals surface area contributed by atoms with E-state index in [1.54, 1.807) is 0 Å². The van der Waals surface area contributed by atoms with Crippen molar-refractivity contribution in [3.8, 4) is 5.75 Å². The van der Waals surface area contributed by atoms with Crippen molar-refractivity contribution in [1.82, 2.24) is 0 Å². The standard InChI is InChI=1S/C12H14F4O3/c1-8(17)10-3-2-9(13)6-11(10)19-5-4-18-7-12(14,15)16/h2-3,6,8,17H,4-5,7H2,1H3/t8-/m1/s1. The van der Waals surface area contributed by atoms with E-state index in [9.17, 15) is 22.7 Å². The van der Waals surface area contributed by atoms with E-state index < -0.39 is 24.7 Å². The lowest BCUT2D eigenvalue weighted by atomic mass is 10.1. The molecule has 0 saturated heterocycles. The highest BCUT2D eigenvalue weighted by molar-refractivity contribution is 5.35. The monoisotopic (exact) mass is 282 g/mol. The van der Waals surface area contributed by atoms with Gasteiger partial charge in [0.15, 0.2) is 0 Å². The van der Waals surface area contributed by atoms with Gasteiger partial charge in [-0.2, -0.15) is 13.2 Å². The average molecular weight is 282 g/mol. The summed E-state index contributed by atoms with van der Waals surface area (Å²) in [5.74, 6) is -0.471. The van der Waals surface area contributed by atoms with Crippen molar-refractivity contribution in [2.45, 2.75) is 19.2 Å². The van der Waals surface area contributed by atoms with Crippen LogP contribution in [0.4, 0.5) is 17.6 Å². The van der Waals surface area contributed by atoms with Gasteiger partial charge in [0, 0.05) is 11.6 Å². The van der Waals surface area contributed by atoms with Crippen molar-refractivity contribution in [3.63, 3.8) is 0 Å². The third-order valence-electron chi connectivity index (χ3n) is 2.18. The fraction of sp³-hybridized carbons (Fsp3) is 0.500. The van der Waals surface area contributed by atoms with Crippen LogP contribution in [0.1, 0.15) is 18.6 Å². The molecule has 1 atom stereocenters.